The van der Waals surface area contributed by atoms with Crippen molar-refractivity contribution in [3.63, 3.8) is 0 Å². The molecule has 0 aliphatic rings. The van der Waals surface area contributed by atoms with Gasteiger partial charge in [0.25, 0.3) is 0 Å². The van der Waals surface area contributed by atoms with Crippen LogP contribution in [0.25, 0.3) is 0 Å². The van der Waals surface area contributed by atoms with Crippen LogP contribution >= 0.6 is 24.8 Å². The smallest absolute Gasteiger partial charge is 0.0794 e. The van der Waals surface area contributed by atoms with Crippen molar-refractivity contribution in [2.75, 3.05) is 0 Å². The molecule has 0 N–H and O–H groups in total. The maximum atomic E-state index is 4.13. The molecule has 0 bridgehead atoms. The fourth-order valence-electron chi connectivity index (χ4n) is 0.507. The number of nitrogens with zero attached hydrogens (tertiary/aromatic N) is 1. The molecule has 0 saturated carbocycles. The molecule has 0 spiro atoms. The van der Waals surface area contributed by atoms with Crippen LogP contribution in [0.5, 0.6) is 0 Å². The molecule has 0 unspecified atom stereocenters. The lowest BCUT2D eigenvalue weighted by molar-refractivity contribution is 0.833. The van der Waals surface area contributed by atoms with Gasteiger partial charge in [-0.1, -0.05) is 42.5 Å². The molecular formula is C10H25NS2. The van der Waals surface area contributed by atoms with E-state index in [-0.39, 0.29) is 28.3 Å². The van der Waals surface area contributed by atoms with Crippen LogP contribution in [0.15, 0.2) is 10.9 Å². The minimum atomic E-state index is 0. The van der Waals surface area contributed by atoms with Crippen LogP contribution in [0.3, 0.4) is 0 Å². The molecule has 82 valence electrons. The molecule has 0 radical (unpaired) electrons. The average molecular weight is 223 g/mol. The Morgan fingerprint density at radius 2 is 1.69 bits per heavy atom. The van der Waals surface area contributed by atoms with Gasteiger partial charge in [-0.15, -0.1) is 11.3 Å². The third kappa shape index (κ3) is 9.90. The van der Waals surface area contributed by atoms with E-state index in [1.165, 1.54) is 5.69 Å². The summed E-state index contributed by atoms with van der Waals surface area (Å²) in [4.78, 5) is 4.13. The Bertz CT molecular complexity index is 148. The van der Waals surface area contributed by atoms with Crippen LogP contribution in [0.4, 0.5) is 0 Å². The Balaban J connectivity index is -0.0000000761. The van der Waals surface area contributed by atoms with Gasteiger partial charge in [0.2, 0.25) is 0 Å². The summed E-state index contributed by atoms with van der Waals surface area (Å²) in [5.74, 6) is 0.584. The van der Waals surface area contributed by atoms with Gasteiger partial charge in [0.1, 0.15) is 0 Å². The normalized spacial score (nSPS) is 6.85. The summed E-state index contributed by atoms with van der Waals surface area (Å²) in [6, 6.07) is 0. The predicted molar refractivity (Wildman–Crippen MR) is 71.4 cm³/mol. The van der Waals surface area contributed by atoms with E-state index >= 15 is 0 Å². The second kappa shape index (κ2) is 14.5. The van der Waals surface area contributed by atoms with Crippen LogP contribution in [0, 0.1) is 0 Å². The first-order valence-electron chi connectivity index (χ1n) is 3.69. The van der Waals surface area contributed by atoms with Gasteiger partial charge in [0.15, 0.2) is 0 Å². The van der Waals surface area contributed by atoms with Gasteiger partial charge in [0.05, 0.1) is 11.2 Å². The Morgan fingerprint density at radius 3 is 1.85 bits per heavy atom. The summed E-state index contributed by atoms with van der Waals surface area (Å²) >= 11 is 1.66. The number of hydrogen-bond acceptors (Lipinski definition) is 2. The van der Waals surface area contributed by atoms with Crippen molar-refractivity contribution >= 4 is 24.8 Å². The minimum absolute atomic E-state index is 0. The Morgan fingerprint density at radius 1 is 1.23 bits per heavy atom. The van der Waals surface area contributed by atoms with Crippen LogP contribution in [0.1, 0.15) is 54.2 Å². The molecule has 0 amide bonds. The van der Waals surface area contributed by atoms with E-state index in [0.717, 1.165) is 0 Å². The quantitative estimate of drug-likeness (QED) is 0.674. The first kappa shape index (κ1) is 23.1. The standard InChI is InChI=1S/C6H9NS.C2H6.2CH4.H2S/c1-5(2)6-3-8-4-7-6;1-2;;;/h3-5H,1-2H3;1-2H3;2*1H4;1H2. The van der Waals surface area contributed by atoms with E-state index in [2.05, 4.69) is 24.2 Å². The molecular weight excluding hydrogens is 198 g/mol. The predicted octanol–water partition coefficient (Wildman–Crippen LogP) is 4.68. The summed E-state index contributed by atoms with van der Waals surface area (Å²) in [5.41, 5.74) is 3.07. The molecule has 1 aromatic rings. The molecule has 1 rings (SSSR count). The van der Waals surface area contributed by atoms with E-state index in [4.69, 9.17) is 0 Å². The third-order valence-electron chi connectivity index (χ3n) is 1.04. The maximum Gasteiger partial charge on any atom is 0.0794 e. The Hall–Kier alpha value is -0.0200. The van der Waals surface area contributed by atoms with Crippen molar-refractivity contribution < 1.29 is 0 Å². The van der Waals surface area contributed by atoms with Crippen LogP contribution < -0.4 is 0 Å². The number of thiazole rings is 1. The molecule has 13 heavy (non-hydrogen) atoms. The van der Waals surface area contributed by atoms with Crippen molar-refractivity contribution in [1.29, 1.82) is 0 Å². The monoisotopic (exact) mass is 223 g/mol. The Labute approximate surface area is 95.1 Å². The largest absolute Gasteiger partial charge is 0.249 e. The fraction of sp³-hybridized carbons (Fsp3) is 0.700. The molecule has 1 nitrogen and oxygen atoms in total. The highest BCUT2D eigenvalue weighted by Crippen LogP contribution is 2.12. The first-order valence-corrected chi connectivity index (χ1v) is 4.63. The van der Waals surface area contributed by atoms with Gasteiger partial charge >= 0.3 is 0 Å². The third-order valence-corrected chi connectivity index (χ3v) is 1.65. The van der Waals surface area contributed by atoms with Gasteiger partial charge in [-0.25, -0.2) is 4.98 Å². The second-order valence-electron chi connectivity index (χ2n) is 2.07. The number of rotatable bonds is 1. The van der Waals surface area contributed by atoms with Crippen molar-refractivity contribution in [2.24, 2.45) is 0 Å². The van der Waals surface area contributed by atoms with Gasteiger partial charge < -0.3 is 0 Å². The average Bonchev–Trinajstić information content (AvgIpc) is 2.42. The van der Waals surface area contributed by atoms with Crippen LogP contribution in [0.2, 0.25) is 0 Å². The van der Waals surface area contributed by atoms with Gasteiger partial charge in [-0.05, 0) is 5.92 Å². The summed E-state index contributed by atoms with van der Waals surface area (Å²) in [5, 5.41) is 2.09. The number of aromatic nitrogens is 1. The molecule has 0 atom stereocenters. The lowest BCUT2D eigenvalue weighted by atomic mass is 10.2. The highest BCUT2D eigenvalue weighted by atomic mass is 32.1. The molecule has 0 aliphatic heterocycles. The van der Waals surface area contributed by atoms with Crippen molar-refractivity contribution in [1.82, 2.24) is 4.98 Å². The summed E-state index contributed by atoms with van der Waals surface area (Å²) in [7, 11) is 0. The van der Waals surface area contributed by atoms with E-state index in [0.29, 0.717) is 5.92 Å². The first-order chi connectivity index (χ1) is 4.80. The van der Waals surface area contributed by atoms with Crippen LogP contribution in [-0.2, 0) is 0 Å². The molecule has 0 fully saturated rings. The summed E-state index contributed by atoms with van der Waals surface area (Å²) < 4.78 is 0. The van der Waals surface area contributed by atoms with Crippen LogP contribution in [-0.4, -0.2) is 4.98 Å². The van der Waals surface area contributed by atoms with Crippen molar-refractivity contribution in [3.05, 3.63) is 16.6 Å². The van der Waals surface area contributed by atoms with Gasteiger partial charge in [-0.3, -0.25) is 0 Å². The molecule has 3 heteroatoms. The fourth-order valence-corrected chi connectivity index (χ4v) is 1.22. The highest BCUT2D eigenvalue weighted by Gasteiger charge is 1.97. The van der Waals surface area contributed by atoms with E-state index < -0.39 is 0 Å². The second-order valence-corrected chi connectivity index (χ2v) is 2.79. The minimum Gasteiger partial charge on any atom is -0.249 e. The zero-order valence-electron chi connectivity index (χ0n) is 7.59. The molecule has 1 heterocycles. The topological polar surface area (TPSA) is 12.9 Å². The van der Waals surface area contributed by atoms with Crippen molar-refractivity contribution in [3.8, 4) is 0 Å². The van der Waals surface area contributed by atoms with Gasteiger partial charge in [0, 0.05) is 5.38 Å². The maximum absolute atomic E-state index is 4.13. The lowest BCUT2D eigenvalue weighted by Crippen LogP contribution is -1.83. The highest BCUT2D eigenvalue weighted by molar-refractivity contribution is 7.59. The zero-order valence-corrected chi connectivity index (χ0v) is 9.40. The SMILES string of the molecule is C.C.CC.CC(C)c1cscn1.S. The Kier molecular flexibility index (Phi) is 25.8. The summed E-state index contributed by atoms with van der Waals surface area (Å²) in [6.45, 7) is 8.30. The summed E-state index contributed by atoms with van der Waals surface area (Å²) in [6.07, 6.45) is 0. The molecule has 0 saturated heterocycles. The van der Waals surface area contributed by atoms with Gasteiger partial charge in [-0.2, -0.15) is 13.5 Å². The lowest BCUT2D eigenvalue weighted by Gasteiger charge is -1.94. The molecule has 0 aromatic carbocycles. The number of hydrogen-bond donors (Lipinski definition) is 0. The molecule has 1 aromatic heterocycles. The molecule has 0 aliphatic carbocycles. The zero-order chi connectivity index (χ0) is 7.98. The van der Waals surface area contributed by atoms with E-state index in [1.54, 1.807) is 11.3 Å². The van der Waals surface area contributed by atoms with E-state index in [1.807, 2.05) is 19.4 Å². The van der Waals surface area contributed by atoms with E-state index in [9.17, 15) is 0 Å². The van der Waals surface area contributed by atoms with Crippen molar-refractivity contribution in [2.45, 2.75) is 48.5 Å².